The number of urea groups is 1. The fourth-order valence-corrected chi connectivity index (χ4v) is 3.89. The van der Waals surface area contributed by atoms with Crippen molar-refractivity contribution in [2.24, 2.45) is 5.92 Å². The van der Waals surface area contributed by atoms with E-state index in [9.17, 15) is 9.18 Å². The Balaban J connectivity index is 1.46. The van der Waals surface area contributed by atoms with Crippen LogP contribution in [-0.4, -0.2) is 58.3 Å². The van der Waals surface area contributed by atoms with Gasteiger partial charge < -0.3 is 25.2 Å². The molecule has 0 radical (unpaired) electrons. The van der Waals surface area contributed by atoms with Crippen LogP contribution in [0, 0.1) is 11.7 Å². The first kappa shape index (κ1) is 21.9. The molecule has 2 aromatic rings. The Labute approximate surface area is 178 Å². The zero-order valence-electron chi connectivity index (χ0n) is 17.9. The molecule has 2 aromatic carbocycles. The molecule has 6 nitrogen and oxygen atoms in total. The van der Waals surface area contributed by atoms with Crippen LogP contribution in [0.4, 0.5) is 14.9 Å². The van der Waals surface area contributed by atoms with Gasteiger partial charge in [-0.05, 0) is 56.8 Å². The predicted octanol–water partition coefficient (Wildman–Crippen LogP) is 3.26. The van der Waals surface area contributed by atoms with E-state index < -0.39 is 0 Å². The van der Waals surface area contributed by atoms with Crippen molar-refractivity contribution in [3.05, 3.63) is 59.9 Å². The van der Waals surface area contributed by atoms with Gasteiger partial charge in [0, 0.05) is 37.4 Å². The van der Waals surface area contributed by atoms with E-state index in [1.165, 1.54) is 12.1 Å². The van der Waals surface area contributed by atoms with Crippen molar-refractivity contribution in [3.8, 4) is 5.75 Å². The standard InChI is InChI=1S/C23H31FN4O2/c1-27(2)21(20-6-4-5-7-22(20)30-3)15-26-23(29)25-14-17-12-13-28(16-17)19-10-8-18(24)9-11-19/h4-11,17,21H,12-16H2,1-3H3,(H2,25,26,29). The number of benzene rings is 2. The predicted molar refractivity (Wildman–Crippen MR) is 118 cm³/mol. The molecule has 0 spiro atoms. The molecule has 3 rings (SSSR count). The third kappa shape index (κ3) is 5.63. The van der Waals surface area contributed by atoms with E-state index in [0.717, 1.165) is 36.5 Å². The maximum Gasteiger partial charge on any atom is 0.314 e. The quantitative estimate of drug-likeness (QED) is 0.696. The van der Waals surface area contributed by atoms with Crippen molar-refractivity contribution < 1.29 is 13.9 Å². The molecule has 0 saturated carbocycles. The summed E-state index contributed by atoms with van der Waals surface area (Å²) in [5, 5.41) is 5.98. The molecule has 162 valence electrons. The van der Waals surface area contributed by atoms with E-state index in [0.29, 0.717) is 19.0 Å². The highest BCUT2D eigenvalue weighted by atomic mass is 19.1. The Morgan fingerprint density at radius 1 is 1.20 bits per heavy atom. The fraction of sp³-hybridized carbons (Fsp3) is 0.435. The number of ether oxygens (including phenoxy) is 1. The first-order valence-corrected chi connectivity index (χ1v) is 10.3. The Morgan fingerprint density at radius 2 is 1.93 bits per heavy atom. The summed E-state index contributed by atoms with van der Waals surface area (Å²) in [6, 6.07) is 14.3. The second-order valence-electron chi connectivity index (χ2n) is 7.89. The molecule has 1 aliphatic rings. The van der Waals surface area contributed by atoms with Crippen molar-refractivity contribution >= 4 is 11.7 Å². The Kier molecular flexibility index (Phi) is 7.52. The summed E-state index contributed by atoms with van der Waals surface area (Å²) in [7, 11) is 5.63. The molecule has 1 aliphatic heterocycles. The monoisotopic (exact) mass is 414 g/mol. The summed E-state index contributed by atoms with van der Waals surface area (Å²) >= 11 is 0. The van der Waals surface area contributed by atoms with Gasteiger partial charge in [0.1, 0.15) is 11.6 Å². The van der Waals surface area contributed by atoms with Crippen molar-refractivity contribution in [3.63, 3.8) is 0 Å². The van der Waals surface area contributed by atoms with Gasteiger partial charge in [0.25, 0.3) is 0 Å². The average Bonchev–Trinajstić information content (AvgIpc) is 3.22. The Morgan fingerprint density at radius 3 is 2.63 bits per heavy atom. The lowest BCUT2D eigenvalue weighted by molar-refractivity contribution is 0.230. The molecule has 30 heavy (non-hydrogen) atoms. The minimum atomic E-state index is -0.225. The number of methoxy groups -OCH3 is 1. The van der Waals surface area contributed by atoms with Crippen molar-refractivity contribution in [1.82, 2.24) is 15.5 Å². The van der Waals surface area contributed by atoms with Gasteiger partial charge in [-0.2, -0.15) is 0 Å². The second kappa shape index (κ2) is 10.3. The summed E-state index contributed by atoms with van der Waals surface area (Å²) in [4.78, 5) is 16.7. The lowest BCUT2D eigenvalue weighted by atomic mass is 10.0. The number of hydrogen-bond donors (Lipinski definition) is 2. The number of carbonyl (C=O) groups excluding carboxylic acids is 1. The highest BCUT2D eigenvalue weighted by Crippen LogP contribution is 2.27. The number of nitrogens with one attached hydrogen (secondary N) is 2. The third-order valence-electron chi connectivity index (χ3n) is 5.61. The van der Waals surface area contributed by atoms with Crippen molar-refractivity contribution in [2.45, 2.75) is 12.5 Å². The molecule has 2 amide bonds. The lowest BCUT2D eigenvalue weighted by Gasteiger charge is -2.26. The maximum atomic E-state index is 13.1. The number of anilines is 1. The lowest BCUT2D eigenvalue weighted by Crippen LogP contribution is -2.42. The third-order valence-corrected chi connectivity index (χ3v) is 5.61. The van der Waals surface area contributed by atoms with Crippen molar-refractivity contribution in [2.75, 3.05) is 52.3 Å². The molecular formula is C23H31FN4O2. The smallest absolute Gasteiger partial charge is 0.314 e. The van der Waals surface area contributed by atoms with Crippen LogP contribution in [0.2, 0.25) is 0 Å². The normalized spacial score (nSPS) is 17.1. The van der Waals surface area contributed by atoms with Crippen LogP contribution < -0.4 is 20.3 Å². The maximum absolute atomic E-state index is 13.1. The number of para-hydroxylation sites is 1. The minimum absolute atomic E-state index is 0.00680. The fourth-order valence-electron chi connectivity index (χ4n) is 3.89. The topological polar surface area (TPSA) is 56.8 Å². The molecular weight excluding hydrogens is 383 g/mol. The zero-order valence-corrected chi connectivity index (χ0v) is 17.9. The van der Waals surface area contributed by atoms with Crippen molar-refractivity contribution in [1.29, 1.82) is 0 Å². The van der Waals surface area contributed by atoms with Gasteiger partial charge in [-0.25, -0.2) is 9.18 Å². The number of nitrogens with zero attached hydrogens (tertiary/aromatic N) is 2. The Bertz CT molecular complexity index is 828. The van der Waals surface area contributed by atoms with Crippen LogP contribution in [0.1, 0.15) is 18.0 Å². The van der Waals surface area contributed by atoms with E-state index in [1.54, 1.807) is 19.2 Å². The highest BCUT2D eigenvalue weighted by Gasteiger charge is 2.24. The van der Waals surface area contributed by atoms with Crippen LogP contribution >= 0.6 is 0 Å². The molecule has 2 unspecified atom stereocenters. The molecule has 0 aliphatic carbocycles. The van der Waals surface area contributed by atoms with Crippen LogP contribution in [-0.2, 0) is 0 Å². The summed E-state index contributed by atoms with van der Waals surface area (Å²) in [5.41, 5.74) is 2.06. The van der Waals surface area contributed by atoms with Gasteiger partial charge in [0.2, 0.25) is 0 Å². The number of amides is 2. The molecule has 1 heterocycles. The first-order valence-electron chi connectivity index (χ1n) is 10.3. The van der Waals surface area contributed by atoms with E-state index >= 15 is 0 Å². The summed E-state index contributed by atoms with van der Waals surface area (Å²) in [6.45, 7) is 2.86. The summed E-state index contributed by atoms with van der Waals surface area (Å²) in [6.07, 6.45) is 0.999. The first-order chi connectivity index (χ1) is 14.5. The van der Waals surface area contributed by atoms with E-state index in [-0.39, 0.29) is 17.9 Å². The van der Waals surface area contributed by atoms with E-state index in [1.807, 2.05) is 38.4 Å². The minimum Gasteiger partial charge on any atom is -0.496 e. The molecule has 0 bridgehead atoms. The molecule has 1 fully saturated rings. The molecule has 1 saturated heterocycles. The summed E-state index contributed by atoms with van der Waals surface area (Å²) < 4.78 is 18.6. The highest BCUT2D eigenvalue weighted by molar-refractivity contribution is 5.73. The van der Waals surface area contributed by atoms with Gasteiger partial charge in [0.05, 0.1) is 13.2 Å². The molecule has 2 N–H and O–H groups in total. The van der Waals surface area contributed by atoms with Gasteiger partial charge in [-0.15, -0.1) is 0 Å². The average molecular weight is 415 g/mol. The number of carbonyl (C=O) groups is 1. The van der Waals surface area contributed by atoms with Gasteiger partial charge in [-0.1, -0.05) is 18.2 Å². The number of rotatable bonds is 8. The number of likely N-dealkylation sites (N-methyl/N-ethyl adjacent to an activating group) is 1. The second-order valence-corrected chi connectivity index (χ2v) is 7.89. The molecule has 2 atom stereocenters. The van der Waals surface area contributed by atoms with Gasteiger partial charge in [-0.3, -0.25) is 0 Å². The van der Waals surface area contributed by atoms with Gasteiger partial charge in [0.15, 0.2) is 0 Å². The Hall–Kier alpha value is -2.80. The largest absolute Gasteiger partial charge is 0.496 e. The zero-order chi connectivity index (χ0) is 21.5. The summed E-state index contributed by atoms with van der Waals surface area (Å²) in [5.74, 6) is 0.960. The number of hydrogen-bond acceptors (Lipinski definition) is 4. The molecule has 7 heteroatoms. The van der Waals surface area contributed by atoms with Gasteiger partial charge >= 0.3 is 6.03 Å². The van der Waals surface area contributed by atoms with Crippen LogP contribution in [0.25, 0.3) is 0 Å². The molecule has 0 aromatic heterocycles. The van der Waals surface area contributed by atoms with Crippen LogP contribution in [0.3, 0.4) is 0 Å². The van der Waals surface area contributed by atoms with Crippen LogP contribution in [0.15, 0.2) is 48.5 Å². The SMILES string of the molecule is COc1ccccc1C(CNC(=O)NCC1CCN(c2ccc(F)cc2)C1)N(C)C. The van der Waals surface area contributed by atoms with Crippen LogP contribution in [0.5, 0.6) is 5.75 Å². The van der Waals surface area contributed by atoms with E-state index in [4.69, 9.17) is 4.74 Å². The van der Waals surface area contributed by atoms with E-state index in [2.05, 4.69) is 20.4 Å². The number of halogens is 1.